The van der Waals surface area contributed by atoms with Crippen LogP contribution in [0.2, 0.25) is 0 Å². The quantitative estimate of drug-likeness (QED) is 0.583. The third-order valence-electron chi connectivity index (χ3n) is 5.98. The highest BCUT2D eigenvalue weighted by atomic mass is 16.5. The second-order valence-corrected chi connectivity index (χ2v) is 7.53. The molecule has 1 aliphatic carbocycles. The fourth-order valence-corrected chi connectivity index (χ4v) is 4.76. The van der Waals surface area contributed by atoms with Gasteiger partial charge in [0.15, 0.2) is 0 Å². The lowest BCUT2D eigenvalue weighted by atomic mass is 9.78. The number of hydrogen-bond donors (Lipinski definition) is 1. The van der Waals surface area contributed by atoms with Crippen molar-refractivity contribution in [2.75, 3.05) is 42.7 Å². The molecule has 0 radical (unpaired) electrons. The van der Waals surface area contributed by atoms with Gasteiger partial charge in [-0.05, 0) is 29.3 Å². The molecule has 32 heavy (non-hydrogen) atoms. The van der Waals surface area contributed by atoms with Gasteiger partial charge in [0.2, 0.25) is 0 Å². The summed E-state index contributed by atoms with van der Waals surface area (Å²) in [7, 11) is 9.62. The maximum atomic E-state index is 11.5. The monoisotopic (exact) mass is 440 g/mol. The van der Waals surface area contributed by atoms with Crippen LogP contribution >= 0.6 is 0 Å². The number of methoxy groups -OCH3 is 6. The standard InChI is InChI=1S/C25H28O7/c1-27-12-13-10-15-18(17(11-13)29-3)20-21(22(26)24(15)31-5)25(32-6)19-14(23(20)30-4)8-7-9-16(19)28-2/h7-11,22,24,26H,12H2,1-6H3/t22-,24-/m0/s1. The summed E-state index contributed by atoms with van der Waals surface area (Å²) >= 11 is 0. The van der Waals surface area contributed by atoms with E-state index in [2.05, 4.69) is 0 Å². The van der Waals surface area contributed by atoms with Crippen molar-refractivity contribution in [3.05, 3.63) is 47.0 Å². The number of aliphatic hydroxyl groups is 1. The highest BCUT2D eigenvalue weighted by molar-refractivity contribution is 6.06. The number of rotatable bonds is 7. The fourth-order valence-electron chi connectivity index (χ4n) is 4.76. The van der Waals surface area contributed by atoms with Crippen molar-refractivity contribution in [1.82, 2.24) is 0 Å². The lowest BCUT2D eigenvalue weighted by Crippen LogP contribution is -2.21. The molecule has 2 atom stereocenters. The minimum atomic E-state index is -1.01. The van der Waals surface area contributed by atoms with Crippen LogP contribution < -0.4 is 18.9 Å². The van der Waals surface area contributed by atoms with Gasteiger partial charge >= 0.3 is 0 Å². The Morgan fingerprint density at radius 1 is 0.812 bits per heavy atom. The van der Waals surface area contributed by atoms with Crippen LogP contribution in [0.15, 0.2) is 30.3 Å². The molecule has 170 valence electrons. The maximum absolute atomic E-state index is 11.5. The minimum Gasteiger partial charge on any atom is -0.496 e. The molecule has 7 heteroatoms. The molecule has 0 saturated carbocycles. The lowest BCUT2D eigenvalue weighted by Gasteiger charge is -2.35. The average molecular weight is 440 g/mol. The Kier molecular flexibility index (Phi) is 6.15. The van der Waals surface area contributed by atoms with Crippen LogP contribution in [-0.4, -0.2) is 47.8 Å². The van der Waals surface area contributed by atoms with E-state index >= 15 is 0 Å². The Morgan fingerprint density at radius 2 is 1.53 bits per heavy atom. The van der Waals surface area contributed by atoms with Crippen LogP contribution in [0.4, 0.5) is 0 Å². The number of aliphatic hydroxyl groups excluding tert-OH is 1. The molecule has 0 heterocycles. The van der Waals surface area contributed by atoms with Gasteiger partial charge in [-0.15, -0.1) is 0 Å². The van der Waals surface area contributed by atoms with E-state index in [1.165, 1.54) is 0 Å². The van der Waals surface area contributed by atoms with E-state index in [9.17, 15) is 5.11 Å². The van der Waals surface area contributed by atoms with Crippen molar-refractivity contribution < 1.29 is 33.5 Å². The summed E-state index contributed by atoms with van der Waals surface area (Å²) in [6, 6.07) is 9.60. The Labute approximate surface area is 187 Å². The molecule has 0 unspecified atom stereocenters. The van der Waals surface area contributed by atoms with Gasteiger partial charge in [-0.3, -0.25) is 0 Å². The highest BCUT2D eigenvalue weighted by Gasteiger charge is 2.41. The molecule has 0 spiro atoms. The van der Waals surface area contributed by atoms with Crippen LogP contribution in [0.5, 0.6) is 23.0 Å². The van der Waals surface area contributed by atoms with Gasteiger partial charge in [0.25, 0.3) is 0 Å². The number of ether oxygens (including phenoxy) is 6. The number of benzene rings is 3. The molecule has 4 rings (SSSR count). The van der Waals surface area contributed by atoms with Gasteiger partial charge in [-0.25, -0.2) is 0 Å². The van der Waals surface area contributed by atoms with Gasteiger partial charge in [0.05, 0.1) is 40.4 Å². The predicted octanol–water partition coefficient (Wildman–Crippen LogP) is 4.42. The van der Waals surface area contributed by atoms with Crippen molar-refractivity contribution >= 4 is 10.8 Å². The van der Waals surface area contributed by atoms with Crippen molar-refractivity contribution in [1.29, 1.82) is 0 Å². The Hall–Kier alpha value is -3.00. The molecular formula is C25H28O7. The second-order valence-electron chi connectivity index (χ2n) is 7.53. The van der Waals surface area contributed by atoms with Crippen molar-refractivity contribution in [2.24, 2.45) is 0 Å². The normalized spacial score (nSPS) is 17.0. The highest BCUT2D eigenvalue weighted by Crippen LogP contribution is 2.59. The molecule has 3 aromatic rings. The molecule has 0 bridgehead atoms. The van der Waals surface area contributed by atoms with Gasteiger partial charge in [0.1, 0.15) is 35.2 Å². The molecule has 0 aromatic heterocycles. The first-order valence-corrected chi connectivity index (χ1v) is 10.2. The average Bonchev–Trinajstić information content (AvgIpc) is 2.82. The van der Waals surface area contributed by atoms with E-state index in [1.54, 1.807) is 42.7 Å². The van der Waals surface area contributed by atoms with Crippen molar-refractivity contribution in [3.8, 4) is 34.1 Å². The van der Waals surface area contributed by atoms with E-state index in [0.29, 0.717) is 40.7 Å². The Morgan fingerprint density at radius 3 is 2.12 bits per heavy atom. The maximum Gasteiger partial charge on any atom is 0.137 e. The van der Waals surface area contributed by atoms with E-state index in [4.69, 9.17) is 28.4 Å². The molecule has 7 nitrogen and oxygen atoms in total. The zero-order chi connectivity index (χ0) is 23.0. The van der Waals surface area contributed by atoms with E-state index in [1.807, 2.05) is 30.3 Å². The molecule has 0 amide bonds. The summed E-state index contributed by atoms with van der Waals surface area (Å²) in [6.07, 6.45) is -1.66. The zero-order valence-electron chi connectivity index (χ0n) is 19.1. The predicted molar refractivity (Wildman–Crippen MR) is 121 cm³/mol. The summed E-state index contributed by atoms with van der Waals surface area (Å²) < 4.78 is 34.3. The molecule has 1 aliphatic rings. The van der Waals surface area contributed by atoms with Crippen LogP contribution in [0.1, 0.15) is 28.9 Å². The molecule has 3 aromatic carbocycles. The SMILES string of the molecule is COCc1cc(OC)c2c(c1)[C@H](OC)[C@@H](O)c1c-2c(OC)c2cccc(OC)c2c1OC. The van der Waals surface area contributed by atoms with Crippen LogP contribution in [0.3, 0.4) is 0 Å². The molecule has 1 N–H and O–H groups in total. The third kappa shape index (κ3) is 3.16. The van der Waals surface area contributed by atoms with Gasteiger partial charge in [-0.1, -0.05) is 12.1 Å². The zero-order valence-corrected chi connectivity index (χ0v) is 19.1. The summed E-state index contributed by atoms with van der Waals surface area (Å²) in [5.41, 5.74) is 3.77. The van der Waals surface area contributed by atoms with Crippen LogP contribution in [-0.2, 0) is 16.1 Å². The Bertz CT molecular complexity index is 1160. The lowest BCUT2D eigenvalue weighted by molar-refractivity contribution is -0.0174. The minimum absolute atomic E-state index is 0.401. The van der Waals surface area contributed by atoms with Gasteiger partial charge in [0, 0.05) is 36.3 Å². The molecule has 0 aliphatic heterocycles. The molecule has 0 saturated heterocycles. The summed E-state index contributed by atoms with van der Waals surface area (Å²) in [5.74, 6) is 2.36. The van der Waals surface area contributed by atoms with E-state index in [0.717, 1.165) is 27.5 Å². The summed E-state index contributed by atoms with van der Waals surface area (Å²) in [5, 5.41) is 13.1. The largest absolute Gasteiger partial charge is 0.496 e. The van der Waals surface area contributed by atoms with Gasteiger partial charge < -0.3 is 33.5 Å². The first-order chi connectivity index (χ1) is 15.6. The van der Waals surface area contributed by atoms with E-state index in [-0.39, 0.29) is 0 Å². The second kappa shape index (κ2) is 8.86. The third-order valence-corrected chi connectivity index (χ3v) is 5.98. The first kappa shape index (κ1) is 22.2. The molecular weight excluding hydrogens is 412 g/mol. The van der Waals surface area contributed by atoms with E-state index < -0.39 is 12.2 Å². The van der Waals surface area contributed by atoms with Crippen molar-refractivity contribution in [2.45, 2.75) is 18.8 Å². The van der Waals surface area contributed by atoms with Gasteiger partial charge in [-0.2, -0.15) is 0 Å². The number of fused-ring (bicyclic) bond motifs is 4. The summed E-state index contributed by atoms with van der Waals surface area (Å²) in [6.45, 7) is 0.401. The molecule has 0 fully saturated rings. The Balaban J connectivity index is 2.22. The summed E-state index contributed by atoms with van der Waals surface area (Å²) in [4.78, 5) is 0. The fraction of sp³-hybridized carbons (Fsp3) is 0.360. The number of hydrogen-bond acceptors (Lipinski definition) is 7. The van der Waals surface area contributed by atoms with Crippen LogP contribution in [0, 0.1) is 0 Å². The van der Waals surface area contributed by atoms with Crippen LogP contribution in [0.25, 0.3) is 21.9 Å². The van der Waals surface area contributed by atoms with Crippen molar-refractivity contribution in [3.63, 3.8) is 0 Å². The smallest absolute Gasteiger partial charge is 0.137 e. The topological polar surface area (TPSA) is 75.6 Å². The first-order valence-electron chi connectivity index (χ1n) is 10.2.